The van der Waals surface area contributed by atoms with Gasteiger partial charge in [0.15, 0.2) is 5.82 Å². The van der Waals surface area contributed by atoms with E-state index < -0.39 is 5.82 Å². The summed E-state index contributed by atoms with van der Waals surface area (Å²) in [6, 6.07) is 3.66. The molecule has 1 atom stereocenters. The Bertz CT molecular complexity index is 605. The van der Waals surface area contributed by atoms with Gasteiger partial charge in [-0.1, -0.05) is 36.2 Å². The van der Waals surface area contributed by atoms with Gasteiger partial charge in [0.05, 0.1) is 12.5 Å². The largest absolute Gasteiger partial charge is 0.346 e. The smallest absolute Gasteiger partial charge is 0.225 e. The topological polar surface area (TPSA) is 83.6 Å². The predicted octanol–water partition coefficient (Wildman–Crippen LogP) is 2.19. The number of rotatable bonds is 6. The van der Waals surface area contributed by atoms with Crippen LogP contribution in [0.25, 0.3) is 0 Å². The summed E-state index contributed by atoms with van der Waals surface area (Å²) < 4.78 is 13.0. The van der Waals surface area contributed by atoms with Crippen LogP contribution >= 0.6 is 11.6 Å². The Kier molecular flexibility index (Phi) is 5.21. The van der Waals surface area contributed by atoms with Crippen molar-refractivity contribution in [3.05, 3.63) is 40.4 Å². The molecule has 21 heavy (non-hydrogen) atoms. The van der Waals surface area contributed by atoms with Crippen molar-refractivity contribution in [3.63, 3.8) is 0 Å². The standard InChI is InChI=1S/C13H15ClFN5O/c1-2-3-11(13-17-19-20-18-13)16-12(21)6-8-4-5-9(15)7-10(8)14/h4-5,7,11H,2-3,6H2,1H3,(H,16,21)(H,17,18,19,20)/t11-/m0/s1. The number of hydrogen-bond donors (Lipinski definition) is 2. The minimum absolute atomic E-state index is 0.0666. The molecule has 112 valence electrons. The Morgan fingerprint density at radius 3 is 2.95 bits per heavy atom. The molecule has 0 spiro atoms. The van der Waals surface area contributed by atoms with E-state index >= 15 is 0 Å². The van der Waals surface area contributed by atoms with Gasteiger partial charge in [-0.05, 0) is 24.1 Å². The molecule has 0 aliphatic carbocycles. The molecular formula is C13H15ClFN5O. The lowest BCUT2D eigenvalue weighted by Gasteiger charge is -2.14. The van der Waals surface area contributed by atoms with Crippen LogP contribution in [0.15, 0.2) is 18.2 Å². The van der Waals surface area contributed by atoms with Crippen molar-refractivity contribution in [2.45, 2.75) is 32.2 Å². The normalized spacial score (nSPS) is 12.1. The molecule has 6 nitrogen and oxygen atoms in total. The number of aromatic amines is 1. The van der Waals surface area contributed by atoms with Crippen molar-refractivity contribution in [1.29, 1.82) is 0 Å². The number of nitrogens with one attached hydrogen (secondary N) is 2. The molecule has 0 unspecified atom stereocenters. The van der Waals surface area contributed by atoms with Crippen LogP contribution in [0.3, 0.4) is 0 Å². The Morgan fingerprint density at radius 1 is 1.52 bits per heavy atom. The van der Waals surface area contributed by atoms with Crippen LogP contribution in [-0.4, -0.2) is 26.5 Å². The van der Waals surface area contributed by atoms with Crippen LogP contribution in [0.5, 0.6) is 0 Å². The molecule has 8 heteroatoms. The number of hydrogen-bond acceptors (Lipinski definition) is 4. The molecular weight excluding hydrogens is 297 g/mol. The quantitative estimate of drug-likeness (QED) is 0.856. The van der Waals surface area contributed by atoms with Crippen molar-refractivity contribution >= 4 is 17.5 Å². The number of benzene rings is 1. The molecule has 0 fully saturated rings. The van der Waals surface area contributed by atoms with Crippen LogP contribution in [0.1, 0.15) is 37.2 Å². The Morgan fingerprint density at radius 2 is 2.33 bits per heavy atom. The average Bonchev–Trinajstić information content (AvgIpc) is 2.95. The first-order valence-electron chi connectivity index (χ1n) is 6.56. The number of nitrogens with zero attached hydrogens (tertiary/aromatic N) is 3. The fourth-order valence-electron chi connectivity index (χ4n) is 1.96. The van der Waals surface area contributed by atoms with E-state index in [2.05, 4.69) is 25.9 Å². The molecule has 2 aromatic rings. The third-order valence-electron chi connectivity index (χ3n) is 2.95. The summed E-state index contributed by atoms with van der Waals surface area (Å²) in [5, 5.41) is 16.7. The number of amides is 1. The summed E-state index contributed by atoms with van der Waals surface area (Å²) in [7, 11) is 0. The van der Waals surface area contributed by atoms with Crippen molar-refractivity contribution < 1.29 is 9.18 Å². The molecule has 1 heterocycles. The van der Waals surface area contributed by atoms with E-state index in [0.29, 0.717) is 17.8 Å². The van der Waals surface area contributed by atoms with Gasteiger partial charge in [-0.15, -0.1) is 10.2 Å². The van der Waals surface area contributed by atoms with Gasteiger partial charge in [0.25, 0.3) is 0 Å². The summed E-state index contributed by atoms with van der Waals surface area (Å²) in [6.07, 6.45) is 1.62. The second kappa shape index (κ2) is 7.12. The number of halogens is 2. The highest BCUT2D eigenvalue weighted by atomic mass is 35.5. The van der Waals surface area contributed by atoms with Crippen LogP contribution in [0.2, 0.25) is 5.02 Å². The van der Waals surface area contributed by atoms with Gasteiger partial charge >= 0.3 is 0 Å². The fraction of sp³-hybridized carbons (Fsp3) is 0.385. The maximum atomic E-state index is 13.0. The van der Waals surface area contributed by atoms with E-state index in [1.54, 1.807) is 0 Å². The molecule has 0 aliphatic rings. The molecule has 2 rings (SSSR count). The number of carbonyl (C=O) groups excluding carboxylic acids is 1. The maximum Gasteiger partial charge on any atom is 0.225 e. The number of carbonyl (C=O) groups is 1. The molecule has 0 bridgehead atoms. The Hall–Kier alpha value is -2.02. The summed E-state index contributed by atoms with van der Waals surface area (Å²) in [6.45, 7) is 2.00. The van der Waals surface area contributed by atoms with Gasteiger partial charge in [-0.25, -0.2) is 4.39 Å². The van der Waals surface area contributed by atoms with Gasteiger partial charge in [0.2, 0.25) is 5.91 Å². The van der Waals surface area contributed by atoms with Crippen LogP contribution in [-0.2, 0) is 11.2 Å². The first-order chi connectivity index (χ1) is 10.1. The molecule has 0 saturated heterocycles. The number of aromatic nitrogens is 4. The van der Waals surface area contributed by atoms with E-state index in [4.69, 9.17) is 11.6 Å². The fourth-order valence-corrected chi connectivity index (χ4v) is 2.19. The Balaban J connectivity index is 2.02. The molecule has 0 saturated carbocycles. The number of tetrazole rings is 1. The van der Waals surface area contributed by atoms with Crippen LogP contribution < -0.4 is 5.32 Å². The number of H-pyrrole nitrogens is 1. The van der Waals surface area contributed by atoms with Crippen molar-refractivity contribution in [3.8, 4) is 0 Å². The first-order valence-corrected chi connectivity index (χ1v) is 6.94. The summed E-state index contributed by atoms with van der Waals surface area (Å²) >= 11 is 5.91. The zero-order valence-corrected chi connectivity index (χ0v) is 12.2. The highest BCUT2D eigenvalue weighted by molar-refractivity contribution is 6.31. The maximum absolute atomic E-state index is 13.0. The first kappa shape index (κ1) is 15.4. The van der Waals surface area contributed by atoms with Crippen LogP contribution in [0.4, 0.5) is 4.39 Å². The summed E-state index contributed by atoms with van der Waals surface area (Å²) in [5.41, 5.74) is 0.568. The predicted molar refractivity (Wildman–Crippen MR) is 75.1 cm³/mol. The van der Waals surface area contributed by atoms with Gasteiger partial charge in [0.1, 0.15) is 5.82 Å². The van der Waals surface area contributed by atoms with Gasteiger partial charge in [-0.3, -0.25) is 4.79 Å². The minimum Gasteiger partial charge on any atom is -0.346 e. The third kappa shape index (κ3) is 4.22. The van der Waals surface area contributed by atoms with E-state index in [-0.39, 0.29) is 23.4 Å². The summed E-state index contributed by atoms with van der Waals surface area (Å²) in [4.78, 5) is 12.1. The average molecular weight is 312 g/mol. The zero-order chi connectivity index (χ0) is 15.2. The Labute approximate surface area is 126 Å². The second-order valence-corrected chi connectivity index (χ2v) is 5.00. The monoisotopic (exact) mass is 311 g/mol. The second-order valence-electron chi connectivity index (χ2n) is 4.59. The van der Waals surface area contributed by atoms with Gasteiger partial charge in [0, 0.05) is 5.02 Å². The molecule has 0 radical (unpaired) electrons. The lowest BCUT2D eigenvalue weighted by atomic mass is 10.1. The lowest BCUT2D eigenvalue weighted by Crippen LogP contribution is -2.30. The molecule has 1 amide bonds. The van der Waals surface area contributed by atoms with Gasteiger partial charge in [-0.2, -0.15) is 5.21 Å². The van der Waals surface area contributed by atoms with Crippen molar-refractivity contribution in [2.24, 2.45) is 0 Å². The van der Waals surface area contributed by atoms with Gasteiger partial charge < -0.3 is 5.32 Å². The molecule has 1 aromatic heterocycles. The van der Waals surface area contributed by atoms with Crippen molar-refractivity contribution in [2.75, 3.05) is 0 Å². The SMILES string of the molecule is CCC[C@H](NC(=O)Cc1ccc(F)cc1Cl)c1nn[nH]n1. The molecule has 0 aliphatic heterocycles. The van der Waals surface area contributed by atoms with E-state index in [1.807, 2.05) is 6.92 Å². The summed E-state index contributed by atoms with van der Waals surface area (Å²) in [5.74, 6) is -0.220. The molecule has 2 N–H and O–H groups in total. The highest BCUT2D eigenvalue weighted by Gasteiger charge is 2.18. The third-order valence-corrected chi connectivity index (χ3v) is 3.30. The van der Waals surface area contributed by atoms with E-state index in [1.165, 1.54) is 18.2 Å². The minimum atomic E-state index is -0.431. The van der Waals surface area contributed by atoms with E-state index in [0.717, 1.165) is 6.42 Å². The van der Waals surface area contributed by atoms with Crippen LogP contribution in [0, 0.1) is 5.82 Å². The molecule has 1 aromatic carbocycles. The highest BCUT2D eigenvalue weighted by Crippen LogP contribution is 2.19. The van der Waals surface area contributed by atoms with E-state index in [9.17, 15) is 9.18 Å². The lowest BCUT2D eigenvalue weighted by molar-refractivity contribution is -0.121. The van der Waals surface area contributed by atoms with Crippen molar-refractivity contribution in [1.82, 2.24) is 25.9 Å². The zero-order valence-electron chi connectivity index (χ0n) is 11.4.